The maximum atomic E-state index is 13.6. The number of aromatic hydroxyl groups is 1. The monoisotopic (exact) mass is 398 g/mol. The molecule has 3 aromatic rings. The fraction of sp³-hybridized carbons (Fsp3) is 0.269. The van der Waals surface area contributed by atoms with E-state index in [0.717, 1.165) is 23.4 Å². The molecule has 0 bridgehead atoms. The van der Waals surface area contributed by atoms with Crippen molar-refractivity contribution in [2.45, 2.75) is 43.7 Å². The molecule has 0 aliphatic carbocycles. The summed E-state index contributed by atoms with van der Waals surface area (Å²) >= 11 is 0. The van der Waals surface area contributed by atoms with Crippen LogP contribution in [0, 0.1) is 0 Å². The Labute approximate surface area is 177 Å². The molecule has 2 aliphatic rings. The molecule has 2 heterocycles. The number of benzene rings is 3. The van der Waals surface area contributed by atoms with E-state index in [0.29, 0.717) is 0 Å². The van der Waals surface area contributed by atoms with Gasteiger partial charge < -0.3 is 15.3 Å². The minimum Gasteiger partial charge on any atom is -0.508 e. The molecule has 4 nitrogen and oxygen atoms in total. The first-order valence-electron chi connectivity index (χ1n) is 10.5. The number of carbonyl (C=O) groups excluding carboxylic acids is 1. The molecule has 3 aromatic carbocycles. The molecule has 30 heavy (non-hydrogen) atoms. The van der Waals surface area contributed by atoms with Crippen LogP contribution in [0.5, 0.6) is 5.75 Å². The fourth-order valence-corrected chi connectivity index (χ4v) is 5.40. The van der Waals surface area contributed by atoms with Gasteiger partial charge in [0.15, 0.2) is 0 Å². The lowest BCUT2D eigenvalue weighted by atomic mass is 9.77. The van der Waals surface area contributed by atoms with Crippen molar-refractivity contribution < 1.29 is 9.90 Å². The van der Waals surface area contributed by atoms with E-state index in [1.54, 1.807) is 6.07 Å². The number of nitrogens with zero attached hydrogens (tertiary/aromatic N) is 1. The maximum Gasteiger partial charge on any atom is 0.247 e. The molecule has 1 saturated heterocycles. The first-order valence-corrected chi connectivity index (χ1v) is 10.5. The molecule has 0 unspecified atom stereocenters. The van der Waals surface area contributed by atoms with Gasteiger partial charge in [0.25, 0.3) is 0 Å². The zero-order chi connectivity index (χ0) is 20.9. The minimum atomic E-state index is -0.397. The highest BCUT2D eigenvalue weighted by Crippen LogP contribution is 2.55. The Morgan fingerprint density at radius 1 is 0.967 bits per heavy atom. The molecule has 4 heteroatoms. The first kappa shape index (κ1) is 18.7. The smallest absolute Gasteiger partial charge is 0.247 e. The summed E-state index contributed by atoms with van der Waals surface area (Å²) in [5, 5.41) is 13.7. The molecule has 0 aromatic heterocycles. The van der Waals surface area contributed by atoms with Gasteiger partial charge in [-0.25, -0.2) is 0 Å². The number of rotatable bonds is 3. The van der Waals surface area contributed by atoms with Gasteiger partial charge in [0.2, 0.25) is 5.91 Å². The Hall–Kier alpha value is -3.27. The van der Waals surface area contributed by atoms with Crippen LogP contribution in [0.15, 0.2) is 78.9 Å². The number of phenolic OH excluding ortho intramolecular Hbond substituents is 1. The van der Waals surface area contributed by atoms with Crippen molar-refractivity contribution in [3.63, 3.8) is 0 Å². The van der Waals surface area contributed by atoms with Crippen molar-refractivity contribution in [3.8, 4) is 5.75 Å². The Balaban J connectivity index is 1.61. The number of carbonyl (C=O) groups is 1. The van der Waals surface area contributed by atoms with E-state index in [2.05, 4.69) is 42.3 Å². The van der Waals surface area contributed by atoms with E-state index in [9.17, 15) is 9.90 Å². The van der Waals surface area contributed by atoms with Crippen LogP contribution >= 0.6 is 0 Å². The molecule has 2 aliphatic heterocycles. The first-order chi connectivity index (χ1) is 14.5. The molecule has 5 rings (SSSR count). The van der Waals surface area contributed by atoms with E-state index >= 15 is 0 Å². The molecule has 2 N–H and O–H groups in total. The Bertz CT molecular complexity index is 1090. The Morgan fingerprint density at radius 2 is 1.63 bits per heavy atom. The van der Waals surface area contributed by atoms with Crippen molar-refractivity contribution in [3.05, 3.63) is 90.0 Å². The van der Waals surface area contributed by atoms with Crippen molar-refractivity contribution in [2.75, 3.05) is 10.2 Å². The summed E-state index contributed by atoms with van der Waals surface area (Å²) in [6.45, 7) is 4.52. The lowest BCUT2D eigenvalue weighted by molar-refractivity contribution is -0.117. The molecule has 1 amide bonds. The highest BCUT2D eigenvalue weighted by atomic mass is 16.3. The quantitative estimate of drug-likeness (QED) is 0.649. The molecular weight excluding hydrogens is 372 g/mol. The van der Waals surface area contributed by atoms with Crippen LogP contribution in [0.25, 0.3) is 0 Å². The molecule has 1 fully saturated rings. The summed E-state index contributed by atoms with van der Waals surface area (Å²) in [6, 6.07) is 25.2. The lowest BCUT2D eigenvalue weighted by Crippen LogP contribution is -2.46. The number of para-hydroxylation sites is 3. The molecule has 0 radical (unpaired) electrons. The van der Waals surface area contributed by atoms with Gasteiger partial charge in [-0.05, 0) is 41.8 Å². The van der Waals surface area contributed by atoms with Crippen LogP contribution in [0.4, 0.5) is 11.4 Å². The van der Waals surface area contributed by atoms with Crippen LogP contribution in [-0.4, -0.2) is 23.1 Å². The van der Waals surface area contributed by atoms with E-state index in [-0.39, 0.29) is 29.0 Å². The zero-order valence-corrected chi connectivity index (χ0v) is 17.2. The molecule has 3 atom stereocenters. The number of amides is 1. The predicted molar refractivity (Wildman–Crippen MR) is 120 cm³/mol. The zero-order valence-electron chi connectivity index (χ0n) is 17.2. The average molecular weight is 399 g/mol. The number of hydrogen-bond donors (Lipinski definition) is 2. The van der Waals surface area contributed by atoms with Crippen LogP contribution in [0.1, 0.15) is 37.3 Å². The van der Waals surface area contributed by atoms with Gasteiger partial charge in [-0.2, -0.15) is 0 Å². The van der Waals surface area contributed by atoms with Crippen molar-refractivity contribution >= 4 is 17.3 Å². The normalized spacial score (nSPS) is 23.7. The maximum absolute atomic E-state index is 13.6. The van der Waals surface area contributed by atoms with Crippen molar-refractivity contribution in [2.24, 2.45) is 0 Å². The largest absolute Gasteiger partial charge is 0.508 e. The van der Waals surface area contributed by atoms with Gasteiger partial charge in [0, 0.05) is 28.7 Å². The summed E-state index contributed by atoms with van der Waals surface area (Å²) in [6.07, 6.45) is 0.812. The van der Waals surface area contributed by atoms with Gasteiger partial charge in [0.1, 0.15) is 11.8 Å². The van der Waals surface area contributed by atoms with Gasteiger partial charge in [0.05, 0.1) is 0 Å². The number of fused-ring (bicyclic) bond motifs is 3. The number of anilines is 2. The van der Waals surface area contributed by atoms with Gasteiger partial charge in [-0.3, -0.25) is 4.79 Å². The Morgan fingerprint density at radius 3 is 2.40 bits per heavy atom. The topological polar surface area (TPSA) is 52.6 Å². The van der Waals surface area contributed by atoms with E-state index in [1.165, 1.54) is 5.56 Å². The number of phenols is 1. The lowest BCUT2D eigenvalue weighted by Gasteiger charge is -2.31. The summed E-state index contributed by atoms with van der Waals surface area (Å²) in [5.41, 5.74) is 3.95. The van der Waals surface area contributed by atoms with Gasteiger partial charge >= 0.3 is 0 Å². The van der Waals surface area contributed by atoms with Crippen molar-refractivity contribution in [1.29, 1.82) is 0 Å². The highest BCUT2D eigenvalue weighted by Gasteiger charge is 2.56. The SMILES string of the molecule is CC1(C)c2ccccc2N2[C@@H](C(=O)Nc3ccccc3)[C@H](c3ccccc3O)C[C@@H]21. The number of nitrogens with one attached hydrogen (secondary N) is 1. The predicted octanol–water partition coefficient (Wildman–Crippen LogP) is 5.05. The second-order valence-electron chi connectivity index (χ2n) is 8.86. The third kappa shape index (κ3) is 2.78. The molecular formula is C26H26N2O2. The van der Waals surface area contributed by atoms with Crippen LogP contribution in [-0.2, 0) is 10.2 Å². The average Bonchev–Trinajstić information content (AvgIpc) is 3.24. The van der Waals surface area contributed by atoms with Crippen LogP contribution in [0.2, 0.25) is 0 Å². The second kappa shape index (κ2) is 6.91. The summed E-state index contributed by atoms with van der Waals surface area (Å²) in [5.74, 6) is 0.129. The van der Waals surface area contributed by atoms with Crippen LogP contribution in [0.3, 0.4) is 0 Å². The van der Waals surface area contributed by atoms with E-state index in [1.807, 2.05) is 54.6 Å². The Kier molecular flexibility index (Phi) is 4.31. The molecule has 0 saturated carbocycles. The van der Waals surface area contributed by atoms with Gasteiger partial charge in [-0.15, -0.1) is 0 Å². The molecule has 0 spiro atoms. The van der Waals surface area contributed by atoms with Crippen LogP contribution < -0.4 is 10.2 Å². The second-order valence-corrected chi connectivity index (χ2v) is 8.86. The summed E-state index contributed by atoms with van der Waals surface area (Å²) in [7, 11) is 0. The molecule has 152 valence electrons. The number of hydrogen-bond acceptors (Lipinski definition) is 3. The van der Waals surface area contributed by atoms with Gasteiger partial charge in [-0.1, -0.05) is 68.4 Å². The van der Waals surface area contributed by atoms with E-state index < -0.39 is 6.04 Å². The third-order valence-electron chi connectivity index (χ3n) is 6.85. The third-order valence-corrected chi connectivity index (χ3v) is 6.85. The van der Waals surface area contributed by atoms with E-state index in [4.69, 9.17) is 0 Å². The summed E-state index contributed by atoms with van der Waals surface area (Å²) in [4.78, 5) is 15.9. The standard InChI is InChI=1S/C26H26N2O2/c1-26(2)20-13-7-8-14-21(20)28-23(26)16-19(18-12-6-9-15-22(18)29)24(28)25(30)27-17-10-4-3-5-11-17/h3-15,19,23-24,29H,16H2,1-2H3,(H,27,30)/t19-,23+,24+/m0/s1. The summed E-state index contributed by atoms with van der Waals surface area (Å²) < 4.78 is 0. The van der Waals surface area contributed by atoms with Crippen molar-refractivity contribution in [1.82, 2.24) is 0 Å². The highest BCUT2D eigenvalue weighted by molar-refractivity contribution is 5.99. The minimum absolute atomic E-state index is 0.0375. The fourth-order valence-electron chi connectivity index (χ4n) is 5.40.